The maximum Gasteiger partial charge on any atom is 0.356 e. The van der Waals surface area contributed by atoms with Crippen LogP contribution in [0, 0.1) is 0 Å². The highest BCUT2D eigenvalue weighted by Crippen LogP contribution is 2.20. The monoisotopic (exact) mass is 532 g/mol. The minimum absolute atomic E-state index is 0.0279. The van der Waals surface area contributed by atoms with E-state index in [9.17, 15) is 9.59 Å². The fraction of sp³-hybridized carbons (Fsp3) is 0.188. The average Bonchev–Trinajstić information content (AvgIpc) is 3.60. The number of fused-ring (bicyclic) bond motifs is 2. The molecule has 4 aromatic carbocycles. The molecule has 0 aliphatic carbocycles. The Morgan fingerprint density at radius 2 is 1.07 bits per heavy atom. The normalized spacial score (nSPS) is 18.3. The van der Waals surface area contributed by atoms with Gasteiger partial charge in [0.1, 0.15) is 12.7 Å². The van der Waals surface area contributed by atoms with Crippen molar-refractivity contribution in [1.29, 1.82) is 0 Å². The average molecular weight is 533 g/mol. The predicted molar refractivity (Wildman–Crippen MR) is 155 cm³/mol. The van der Waals surface area contributed by atoms with Crippen LogP contribution in [0.5, 0.6) is 0 Å². The zero-order valence-electron chi connectivity index (χ0n) is 21.8. The first-order valence-electron chi connectivity index (χ1n) is 13.2. The minimum atomic E-state index is -0.681. The molecule has 2 aliphatic rings. The number of hydrogen-bond donors (Lipinski definition) is 0. The van der Waals surface area contributed by atoms with Gasteiger partial charge in [0, 0.05) is 12.2 Å². The van der Waals surface area contributed by atoms with Gasteiger partial charge in [-0.25, -0.2) is 9.59 Å². The van der Waals surface area contributed by atoms with Gasteiger partial charge < -0.3 is 9.68 Å². The van der Waals surface area contributed by atoms with E-state index in [0.717, 1.165) is 25.0 Å². The first-order chi connectivity index (χ1) is 19.6. The Bertz CT molecular complexity index is 1530. The fourth-order valence-corrected chi connectivity index (χ4v) is 5.00. The summed E-state index contributed by atoms with van der Waals surface area (Å²) >= 11 is 0. The number of hydroxylamine groups is 4. The summed E-state index contributed by atoms with van der Waals surface area (Å²) in [6, 6.07) is 29.1. The molecule has 0 bridgehead atoms. The van der Waals surface area contributed by atoms with Crippen LogP contribution in [-0.2, 0) is 32.1 Å². The van der Waals surface area contributed by atoms with Crippen molar-refractivity contribution in [3.63, 3.8) is 0 Å². The highest BCUT2D eigenvalue weighted by molar-refractivity contribution is 5.92. The molecule has 0 saturated heterocycles. The second-order valence-corrected chi connectivity index (χ2v) is 9.96. The highest BCUT2D eigenvalue weighted by atomic mass is 16.7. The van der Waals surface area contributed by atoms with Crippen molar-refractivity contribution in [2.45, 2.75) is 24.9 Å². The van der Waals surface area contributed by atoms with Crippen LogP contribution in [0.1, 0.15) is 11.1 Å². The van der Waals surface area contributed by atoms with E-state index in [1.54, 1.807) is 0 Å². The summed E-state index contributed by atoms with van der Waals surface area (Å²) in [5, 5.41) is 7.52. The molecule has 2 unspecified atom stereocenters. The Hall–Kier alpha value is -4.98. The van der Waals surface area contributed by atoms with Crippen molar-refractivity contribution in [3.8, 4) is 0 Å². The number of carbonyl (C=O) groups excluding carboxylic acids is 2. The van der Waals surface area contributed by atoms with Crippen molar-refractivity contribution in [3.05, 3.63) is 108 Å². The first kappa shape index (κ1) is 25.3. The van der Waals surface area contributed by atoms with Crippen molar-refractivity contribution in [1.82, 2.24) is 10.1 Å². The molecule has 40 heavy (non-hydrogen) atoms. The number of aliphatic imine (C=N–C) groups is 2. The largest absolute Gasteiger partial charge is 0.356 e. The standard InChI is InChI=1S/C32H28N4O4/c37-31(39-35-19-29(33-21-35)17-23-9-11-25-5-1-3-7-27(25)15-23)13-14-32(38)40-36-20-30(34-22-36)18-24-10-12-26-6-2-4-8-28(26)16-24/h1-16,21-22,29-30H,17-20H2/b14-13+. The number of benzene rings is 4. The van der Waals surface area contributed by atoms with Gasteiger partial charge >= 0.3 is 11.9 Å². The van der Waals surface area contributed by atoms with E-state index in [2.05, 4.69) is 70.6 Å². The Balaban J connectivity index is 0.927. The molecule has 0 radical (unpaired) electrons. The van der Waals surface area contributed by atoms with Gasteiger partial charge in [-0.2, -0.15) is 10.1 Å². The highest BCUT2D eigenvalue weighted by Gasteiger charge is 2.22. The lowest BCUT2D eigenvalue weighted by molar-refractivity contribution is -0.167. The molecule has 8 heteroatoms. The minimum Gasteiger partial charge on any atom is -0.335 e. The number of hydrogen-bond acceptors (Lipinski definition) is 8. The summed E-state index contributed by atoms with van der Waals surface area (Å²) in [5.41, 5.74) is 2.34. The van der Waals surface area contributed by atoms with Crippen LogP contribution in [-0.4, -0.2) is 59.9 Å². The molecule has 2 atom stereocenters. The number of carbonyl (C=O) groups is 2. The van der Waals surface area contributed by atoms with Crippen LogP contribution < -0.4 is 0 Å². The zero-order valence-corrected chi connectivity index (χ0v) is 21.8. The molecule has 2 aliphatic heterocycles. The summed E-state index contributed by atoms with van der Waals surface area (Å²) < 4.78 is 0. The van der Waals surface area contributed by atoms with E-state index < -0.39 is 11.9 Å². The second kappa shape index (κ2) is 11.4. The Kier molecular flexibility index (Phi) is 7.22. The third kappa shape index (κ3) is 6.18. The molecular weight excluding hydrogens is 504 g/mol. The molecular formula is C32H28N4O4. The van der Waals surface area contributed by atoms with Crippen LogP contribution in [0.15, 0.2) is 107 Å². The van der Waals surface area contributed by atoms with Crippen LogP contribution >= 0.6 is 0 Å². The van der Waals surface area contributed by atoms with E-state index >= 15 is 0 Å². The number of rotatable bonds is 8. The molecule has 4 aromatic rings. The molecule has 200 valence electrons. The van der Waals surface area contributed by atoms with Crippen molar-refractivity contribution >= 4 is 46.2 Å². The zero-order chi connectivity index (χ0) is 27.3. The third-order valence-electron chi connectivity index (χ3n) is 6.93. The molecule has 0 spiro atoms. The molecule has 0 amide bonds. The lowest BCUT2D eigenvalue weighted by Crippen LogP contribution is -2.28. The Morgan fingerprint density at radius 3 is 1.52 bits per heavy atom. The fourth-order valence-electron chi connectivity index (χ4n) is 5.00. The van der Waals surface area contributed by atoms with Gasteiger partial charge in [0.25, 0.3) is 0 Å². The van der Waals surface area contributed by atoms with E-state index in [4.69, 9.17) is 9.68 Å². The molecule has 0 N–H and O–H groups in total. The van der Waals surface area contributed by atoms with Gasteiger partial charge in [-0.15, -0.1) is 0 Å². The lowest BCUT2D eigenvalue weighted by Gasteiger charge is -2.15. The molecule has 8 nitrogen and oxygen atoms in total. The summed E-state index contributed by atoms with van der Waals surface area (Å²) in [4.78, 5) is 44.0. The molecule has 6 rings (SSSR count). The summed E-state index contributed by atoms with van der Waals surface area (Å²) in [6.45, 7) is 0.888. The van der Waals surface area contributed by atoms with Crippen LogP contribution in [0.2, 0.25) is 0 Å². The summed E-state index contributed by atoms with van der Waals surface area (Å²) in [5.74, 6) is -1.36. The Labute approximate surface area is 231 Å². The van der Waals surface area contributed by atoms with Gasteiger partial charge in [-0.05, 0) is 45.5 Å². The van der Waals surface area contributed by atoms with Crippen molar-refractivity contribution < 1.29 is 19.3 Å². The maximum atomic E-state index is 12.2. The van der Waals surface area contributed by atoms with Crippen LogP contribution in [0.25, 0.3) is 21.5 Å². The van der Waals surface area contributed by atoms with Crippen molar-refractivity contribution in [2.24, 2.45) is 9.98 Å². The lowest BCUT2D eigenvalue weighted by atomic mass is 10.0. The second-order valence-electron chi connectivity index (χ2n) is 9.96. The summed E-state index contributed by atoms with van der Waals surface area (Å²) in [7, 11) is 0. The number of nitrogens with zero attached hydrogens (tertiary/aromatic N) is 4. The maximum absolute atomic E-state index is 12.2. The topological polar surface area (TPSA) is 83.8 Å². The van der Waals surface area contributed by atoms with Crippen molar-refractivity contribution in [2.75, 3.05) is 13.1 Å². The summed E-state index contributed by atoms with van der Waals surface area (Å²) in [6.07, 6.45) is 6.57. The van der Waals surface area contributed by atoms with Gasteiger partial charge in [0.05, 0.1) is 25.2 Å². The van der Waals surface area contributed by atoms with E-state index in [-0.39, 0.29) is 12.1 Å². The van der Waals surface area contributed by atoms with Gasteiger partial charge in [0.2, 0.25) is 0 Å². The van der Waals surface area contributed by atoms with E-state index in [1.165, 1.54) is 55.5 Å². The van der Waals surface area contributed by atoms with Gasteiger partial charge in [-0.3, -0.25) is 9.98 Å². The quantitative estimate of drug-likeness (QED) is 0.307. The molecule has 0 fully saturated rings. The third-order valence-corrected chi connectivity index (χ3v) is 6.93. The Morgan fingerprint density at radius 1 is 0.650 bits per heavy atom. The van der Waals surface area contributed by atoms with Crippen LogP contribution in [0.3, 0.4) is 0 Å². The first-order valence-corrected chi connectivity index (χ1v) is 13.2. The van der Waals surface area contributed by atoms with E-state index in [1.807, 2.05) is 24.3 Å². The predicted octanol–water partition coefficient (Wildman–Crippen LogP) is 4.68. The van der Waals surface area contributed by atoms with Gasteiger partial charge in [0.15, 0.2) is 0 Å². The molecule has 0 aromatic heterocycles. The van der Waals surface area contributed by atoms with E-state index in [0.29, 0.717) is 13.1 Å². The molecule has 2 heterocycles. The van der Waals surface area contributed by atoms with Crippen LogP contribution in [0.4, 0.5) is 0 Å². The molecule has 0 saturated carbocycles. The smallest absolute Gasteiger partial charge is 0.335 e. The van der Waals surface area contributed by atoms with Gasteiger partial charge in [-0.1, -0.05) is 84.9 Å². The SMILES string of the molecule is O=C(/C=C/C(=O)ON1C=NC(Cc2ccc3ccccc3c2)C1)ON1C=NC(Cc2ccc3ccccc3c2)C1.